The molecule has 23 heavy (non-hydrogen) atoms. The van der Waals surface area contributed by atoms with Gasteiger partial charge in [-0.05, 0) is 49.1 Å². The van der Waals surface area contributed by atoms with Crippen LogP contribution in [0.1, 0.15) is 32.6 Å². The predicted octanol–water partition coefficient (Wildman–Crippen LogP) is 5.20. The lowest BCUT2D eigenvalue weighted by Crippen LogP contribution is -2.33. The zero-order valence-corrected chi connectivity index (χ0v) is 13.5. The van der Waals surface area contributed by atoms with Gasteiger partial charge in [-0.2, -0.15) is 13.2 Å². The molecule has 5 heteroatoms. The number of piperidine rings is 1. The fraction of sp³-hybridized carbons (Fsp3) is 0.556. The van der Waals surface area contributed by atoms with E-state index < -0.39 is 6.18 Å². The van der Waals surface area contributed by atoms with Gasteiger partial charge in [-0.15, -0.1) is 0 Å². The molecule has 0 radical (unpaired) electrons. The molecule has 0 saturated carbocycles. The topological polar surface area (TPSA) is 12.5 Å². The standard InChI is InChI=1S/C18H24F3NO/c1-2-4-15-9-12-22(13-10-15)16-5-7-17(8-6-16)23-14-3-11-18(19,20)21/h3,5-8,11,15H,2,4,9-10,12-14H2,1H3/b11-3+. The summed E-state index contributed by atoms with van der Waals surface area (Å²) in [6, 6.07) is 7.58. The second-order valence-electron chi connectivity index (χ2n) is 5.97. The first-order chi connectivity index (χ1) is 11.0. The van der Waals surface area contributed by atoms with Crippen molar-refractivity contribution < 1.29 is 17.9 Å². The van der Waals surface area contributed by atoms with Crippen LogP contribution in [0.25, 0.3) is 0 Å². The molecule has 1 saturated heterocycles. The van der Waals surface area contributed by atoms with Gasteiger partial charge in [0, 0.05) is 24.9 Å². The van der Waals surface area contributed by atoms with E-state index in [1.807, 2.05) is 24.3 Å². The zero-order valence-electron chi connectivity index (χ0n) is 13.5. The second-order valence-corrected chi connectivity index (χ2v) is 5.97. The van der Waals surface area contributed by atoms with Gasteiger partial charge in [0.15, 0.2) is 0 Å². The van der Waals surface area contributed by atoms with Crippen LogP contribution >= 0.6 is 0 Å². The Morgan fingerprint density at radius 2 is 1.83 bits per heavy atom. The van der Waals surface area contributed by atoms with Crippen LogP contribution in [0.15, 0.2) is 36.4 Å². The third-order valence-corrected chi connectivity index (χ3v) is 4.17. The van der Waals surface area contributed by atoms with Crippen molar-refractivity contribution in [3.8, 4) is 5.75 Å². The number of alkyl halides is 3. The van der Waals surface area contributed by atoms with Gasteiger partial charge in [-0.25, -0.2) is 0 Å². The summed E-state index contributed by atoms with van der Waals surface area (Å²) >= 11 is 0. The van der Waals surface area contributed by atoms with Crippen LogP contribution in [0.5, 0.6) is 5.75 Å². The summed E-state index contributed by atoms with van der Waals surface area (Å²) in [5.41, 5.74) is 1.15. The smallest absolute Gasteiger partial charge is 0.409 e. The van der Waals surface area contributed by atoms with Gasteiger partial charge in [-0.3, -0.25) is 0 Å². The lowest BCUT2D eigenvalue weighted by atomic mass is 9.92. The van der Waals surface area contributed by atoms with Gasteiger partial charge in [0.05, 0.1) is 0 Å². The Morgan fingerprint density at radius 1 is 1.17 bits per heavy atom. The highest BCUT2D eigenvalue weighted by Crippen LogP contribution is 2.27. The summed E-state index contributed by atoms with van der Waals surface area (Å²) in [7, 11) is 0. The first-order valence-corrected chi connectivity index (χ1v) is 8.20. The SMILES string of the molecule is CCCC1CCN(c2ccc(OC/C=C/C(F)(F)F)cc2)CC1. The van der Waals surface area contributed by atoms with Crippen molar-refractivity contribution >= 4 is 5.69 Å². The minimum Gasteiger partial charge on any atom is -0.490 e. The number of halogens is 3. The molecule has 0 N–H and O–H groups in total. The Labute approximate surface area is 135 Å². The summed E-state index contributed by atoms with van der Waals surface area (Å²) in [5, 5.41) is 0. The van der Waals surface area contributed by atoms with Crippen LogP contribution < -0.4 is 9.64 Å². The van der Waals surface area contributed by atoms with Gasteiger partial charge in [0.1, 0.15) is 12.4 Å². The molecule has 0 unspecified atom stereocenters. The molecule has 1 aromatic carbocycles. The van der Waals surface area contributed by atoms with E-state index in [2.05, 4.69) is 11.8 Å². The third kappa shape index (κ3) is 6.16. The van der Waals surface area contributed by atoms with E-state index in [4.69, 9.17) is 4.74 Å². The average molecular weight is 327 g/mol. The highest BCUT2D eigenvalue weighted by atomic mass is 19.4. The number of hydrogen-bond donors (Lipinski definition) is 0. The second kappa shape index (κ2) is 8.27. The Hall–Kier alpha value is -1.65. The van der Waals surface area contributed by atoms with Crippen LogP contribution in [-0.4, -0.2) is 25.9 Å². The molecule has 1 aliphatic rings. The molecule has 0 bridgehead atoms. The fourth-order valence-electron chi connectivity index (χ4n) is 2.97. The maximum atomic E-state index is 12.0. The molecule has 1 heterocycles. The van der Waals surface area contributed by atoms with Crippen molar-refractivity contribution in [2.24, 2.45) is 5.92 Å². The highest BCUT2D eigenvalue weighted by molar-refractivity contribution is 5.49. The minimum atomic E-state index is -4.28. The van der Waals surface area contributed by atoms with E-state index in [0.717, 1.165) is 30.8 Å². The number of rotatable bonds is 6. The molecular formula is C18H24F3NO. The highest BCUT2D eigenvalue weighted by Gasteiger charge is 2.21. The molecule has 128 valence electrons. The Bertz CT molecular complexity index is 488. The molecule has 1 aliphatic heterocycles. The minimum absolute atomic E-state index is 0.0821. The molecule has 0 spiro atoms. The van der Waals surface area contributed by atoms with Crippen LogP contribution in [-0.2, 0) is 0 Å². The quantitative estimate of drug-likeness (QED) is 0.666. The van der Waals surface area contributed by atoms with Gasteiger partial charge in [-0.1, -0.05) is 19.8 Å². The number of hydrogen-bond acceptors (Lipinski definition) is 2. The molecule has 0 aromatic heterocycles. The van der Waals surface area contributed by atoms with E-state index in [9.17, 15) is 13.2 Å². The Kier molecular flexibility index (Phi) is 6.37. The molecule has 1 fully saturated rings. The molecular weight excluding hydrogens is 303 g/mol. The monoisotopic (exact) mass is 327 g/mol. The van der Waals surface area contributed by atoms with Crippen molar-refractivity contribution in [1.82, 2.24) is 0 Å². The molecule has 2 nitrogen and oxygen atoms in total. The van der Waals surface area contributed by atoms with Crippen LogP contribution in [0, 0.1) is 5.92 Å². The van der Waals surface area contributed by atoms with Crippen LogP contribution in [0.2, 0.25) is 0 Å². The van der Waals surface area contributed by atoms with E-state index in [1.54, 1.807) is 0 Å². The molecule has 2 rings (SSSR count). The van der Waals surface area contributed by atoms with Crippen molar-refractivity contribution in [2.45, 2.75) is 38.8 Å². The van der Waals surface area contributed by atoms with Crippen molar-refractivity contribution in [1.29, 1.82) is 0 Å². The first kappa shape index (κ1) is 17.7. The number of ether oxygens (including phenoxy) is 1. The molecule has 0 amide bonds. The van der Waals surface area contributed by atoms with Crippen molar-refractivity contribution in [2.75, 3.05) is 24.6 Å². The summed E-state index contributed by atoms with van der Waals surface area (Å²) in [4.78, 5) is 2.36. The van der Waals surface area contributed by atoms with Gasteiger partial charge in [0.25, 0.3) is 0 Å². The lowest BCUT2D eigenvalue weighted by Gasteiger charge is -2.33. The summed E-state index contributed by atoms with van der Waals surface area (Å²) in [5.74, 6) is 1.43. The van der Waals surface area contributed by atoms with Crippen LogP contribution in [0.3, 0.4) is 0 Å². The van der Waals surface area contributed by atoms with E-state index >= 15 is 0 Å². The van der Waals surface area contributed by atoms with Crippen molar-refractivity contribution in [3.05, 3.63) is 36.4 Å². The number of nitrogens with zero attached hydrogens (tertiary/aromatic N) is 1. The number of allylic oxidation sites excluding steroid dienone is 1. The normalized spacial score (nSPS) is 17.0. The van der Waals surface area contributed by atoms with E-state index in [0.29, 0.717) is 5.75 Å². The van der Waals surface area contributed by atoms with E-state index in [-0.39, 0.29) is 12.7 Å². The zero-order chi connectivity index (χ0) is 16.7. The first-order valence-electron chi connectivity index (χ1n) is 8.20. The third-order valence-electron chi connectivity index (χ3n) is 4.17. The number of anilines is 1. The average Bonchev–Trinajstić information content (AvgIpc) is 2.52. The maximum absolute atomic E-state index is 12.0. The Morgan fingerprint density at radius 3 is 2.39 bits per heavy atom. The molecule has 1 aromatic rings. The predicted molar refractivity (Wildman–Crippen MR) is 87.0 cm³/mol. The van der Waals surface area contributed by atoms with Gasteiger partial charge < -0.3 is 9.64 Å². The van der Waals surface area contributed by atoms with Gasteiger partial charge >= 0.3 is 6.18 Å². The Balaban J connectivity index is 1.80. The summed E-state index contributed by atoms with van der Waals surface area (Å²) in [6.45, 7) is 4.29. The summed E-state index contributed by atoms with van der Waals surface area (Å²) in [6.07, 6.45) is 1.92. The van der Waals surface area contributed by atoms with Gasteiger partial charge in [0.2, 0.25) is 0 Å². The summed E-state index contributed by atoms with van der Waals surface area (Å²) < 4.78 is 41.2. The fourth-order valence-corrected chi connectivity index (χ4v) is 2.97. The van der Waals surface area contributed by atoms with E-state index in [1.165, 1.54) is 25.7 Å². The molecule has 0 aliphatic carbocycles. The number of benzene rings is 1. The lowest BCUT2D eigenvalue weighted by molar-refractivity contribution is -0.0801. The largest absolute Gasteiger partial charge is 0.490 e. The molecule has 0 atom stereocenters. The maximum Gasteiger partial charge on any atom is 0.409 e. The van der Waals surface area contributed by atoms with Crippen LogP contribution in [0.4, 0.5) is 18.9 Å². The van der Waals surface area contributed by atoms with Crippen molar-refractivity contribution in [3.63, 3.8) is 0 Å².